The molecule has 220 valence electrons. The fourth-order valence-electron chi connectivity index (χ4n) is 7.54. The van der Waals surface area contributed by atoms with Crippen LogP contribution in [-0.4, -0.2) is 0 Å². The van der Waals surface area contributed by atoms with Gasteiger partial charge in [-0.15, -0.1) is 0 Å². The zero-order chi connectivity index (χ0) is 25.9. The molecule has 0 radical (unpaired) electrons. The number of rotatable bonds is 4. The van der Waals surface area contributed by atoms with Crippen LogP contribution in [0.2, 0.25) is 0 Å². The summed E-state index contributed by atoms with van der Waals surface area (Å²) in [6.07, 6.45) is 53.1. The van der Waals surface area contributed by atoms with E-state index in [2.05, 4.69) is 0 Å². The maximum atomic E-state index is 1.55. The van der Waals surface area contributed by atoms with Crippen molar-refractivity contribution < 1.29 is 0 Å². The lowest BCUT2D eigenvalue weighted by Crippen LogP contribution is -2.06. The van der Waals surface area contributed by atoms with Crippen LogP contribution in [0.3, 0.4) is 0 Å². The van der Waals surface area contributed by atoms with Crippen molar-refractivity contribution >= 4 is 0 Å². The van der Waals surface area contributed by atoms with E-state index in [-0.39, 0.29) is 0 Å². The standard InChI is InChI=1S/C37H72/c1-2-6-10-14-18-22-26-31-36(30-25-21-17-13-9-5-1)34-29-35-37-32-27-23-19-15-11-7-3-4-8-12-16-20-24-28-33-37/h36-37H,1-35H2. The smallest absolute Gasteiger partial charge is 0.0414 e. The molecule has 0 atom stereocenters. The van der Waals surface area contributed by atoms with Gasteiger partial charge in [0.2, 0.25) is 0 Å². The quantitative estimate of drug-likeness (QED) is 0.348. The second-order valence-corrected chi connectivity index (χ2v) is 13.7. The first kappa shape index (κ1) is 33.2. The third-order valence-corrected chi connectivity index (χ3v) is 10.2. The molecular weight excluding hydrogens is 444 g/mol. The molecule has 37 heavy (non-hydrogen) atoms. The molecular formula is C37H72. The predicted molar refractivity (Wildman–Crippen MR) is 169 cm³/mol. The fourth-order valence-corrected chi connectivity index (χ4v) is 7.54. The SMILES string of the molecule is C1CCCCCCCCC(CCCC2CCCCCCCCCCCCCCCC2)CCCCCCC1. The predicted octanol–water partition coefficient (Wildman–Crippen LogP) is 13.9. The van der Waals surface area contributed by atoms with Gasteiger partial charge in [-0.05, 0) is 11.8 Å². The summed E-state index contributed by atoms with van der Waals surface area (Å²) in [7, 11) is 0. The summed E-state index contributed by atoms with van der Waals surface area (Å²) in [6, 6.07) is 0. The molecule has 0 unspecified atom stereocenters. The molecule has 2 aliphatic carbocycles. The summed E-state index contributed by atoms with van der Waals surface area (Å²) in [4.78, 5) is 0. The molecule has 2 fully saturated rings. The Labute approximate surface area is 236 Å². The highest BCUT2D eigenvalue weighted by atomic mass is 14.2. The van der Waals surface area contributed by atoms with E-state index in [1.54, 1.807) is 38.5 Å². The molecule has 0 aromatic heterocycles. The Morgan fingerprint density at radius 1 is 0.216 bits per heavy atom. The van der Waals surface area contributed by atoms with E-state index in [9.17, 15) is 0 Å². The molecule has 0 bridgehead atoms. The first-order chi connectivity index (χ1) is 18.4. The molecule has 0 saturated heterocycles. The highest BCUT2D eigenvalue weighted by Gasteiger charge is 2.13. The Morgan fingerprint density at radius 3 is 0.568 bits per heavy atom. The molecule has 0 amide bonds. The molecule has 0 N–H and O–H groups in total. The monoisotopic (exact) mass is 517 g/mol. The van der Waals surface area contributed by atoms with Crippen molar-refractivity contribution in [2.24, 2.45) is 11.8 Å². The molecule has 2 rings (SSSR count). The highest BCUT2D eigenvalue weighted by Crippen LogP contribution is 2.29. The van der Waals surface area contributed by atoms with E-state index >= 15 is 0 Å². The first-order valence-corrected chi connectivity index (χ1v) is 18.4. The van der Waals surface area contributed by atoms with Gasteiger partial charge in [0.15, 0.2) is 0 Å². The van der Waals surface area contributed by atoms with Crippen LogP contribution in [0.15, 0.2) is 0 Å². The number of hydrogen-bond acceptors (Lipinski definition) is 0. The minimum absolute atomic E-state index is 1.05. The van der Waals surface area contributed by atoms with E-state index in [1.165, 1.54) is 186 Å². The van der Waals surface area contributed by atoms with Crippen LogP contribution in [0, 0.1) is 11.8 Å². The van der Waals surface area contributed by atoms with Gasteiger partial charge in [-0.2, -0.15) is 0 Å². The molecule has 0 heterocycles. The lowest BCUT2D eigenvalue weighted by atomic mass is 9.85. The summed E-state index contributed by atoms with van der Waals surface area (Å²) in [5, 5.41) is 0. The average molecular weight is 517 g/mol. The molecule has 0 nitrogen and oxygen atoms in total. The van der Waals surface area contributed by atoms with E-state index in [1.807, 2.05) is 0 Å². The topological polar surface area (TPSA) is 0 Å². The molecule has 0 aromatic rings. The Balaban J connectivity index is 1.70. The zero-order valence-corrected chi connectivity index (χ0v) is 25.9. The summed E-state index contributed by atoms with van der Waals surface area (Å²) < 4.78 is 0. The van der Waals surface area contributed by atoms with Crippen molar-refractivity contribution in [2.75, 3.05) is 0 Å². The van der Waals surface area contributed by atoms with Gasteiger partial charge in [0.05, 0.1) is 0 Å². The third-order valence-electron chi connectivity index (χ3n) is 10.2. The van der Waals surface area contributed by atoms with Gasteiger partial charge in [-0.1, -0.05) is 225 Å². The van der Waals surface area contributed by atoms with Crippen LogP contribution in [0.4, 0.5) is 0 Å². The lowest BCUT2D eigenvalue weighted by molar-refractivity contribution is 0.326. The van der Waals surface area contributed by atoms with Crippen LogP contribution >= 0.6 is 0 Å². The largest absolute Gasteiger partial charge is 0.0533 e. The summed E-state index contributed by atoms with van der Waals surface area (Å²) >= 11 is 0. The molecule has 0 spiro atoms. The van der Waals surface area contributed by atoms with Crippen molar-refractivity contribution in [3.63, 3.8) is 0 Å². The van der Waals surface area contributed by atoms with E-state index < -0.39 is 0 Å². The van der Waals surface area contributed by atoms with E-state index in [0.29, 0.717) is 0 Å². The van der Waals surface area contributed by atoms with E-state index in [4.69, 9.17) is 0 Å². The fraction of sp³-hybridized carbons (Fsp3) is 1.00. The van der Waals surface area contributed by atoms with E-state index in [0.717, 1.165) is 11.8 Å². The maximum absolute atomic E-state index is 1.55. The van der Waals surface area contributed by atoms with Crippen LogP contribution in [0.25, 0.3) is 0 Å². The summed E-state index contributed by atoms with van der Waals surface area (Å²) in [5.41, 5.74) is 0. The van der Waals surface area contributed by atoms with Gasteiger partial charge >= 0.3 is 0 Å². The van der Waals surface area contributed by atoms with Crippen molar-refractivity contribution in [1.82, 2.24) is 0 Å². The minimum Gasteiger partial charge on any atom is -0.0533 e. The molecule has 0 aliphatic heterocycles. The molecule has 0 heteroatoms. The second kappa shape index (κ2) is 26.2. The van der Waals surface area contributed by atoms with Crippen LogP contribution in [0.1, 0.15) is 225 Å². The molecule has 2 aliphatic rings. The van der Waals surface area contributed by atoms with Crippen LogP contribution in [-0.2, 0) is 0 Å². The summed E-state index contributed by atoms with van der Waals surface area (Å²) in [6.45, 7) is 0. The van der Waals surface area contributed by atoms with Gasteiger partial charge in [-0.25, -0.2) is 0 Å². The van der Waals surface area contributed by atoms with Gasteiger partial charge < -0.3 is 0 Å². The Morgan fingerprint density at radius 2 is 0.378 bits per heavy atom. The summed E-state index contributed by atoms with van der Waals surface area (Å²) in [5.74, 6) is 2.09. The van der Waals surface area contributed by atoms with Gasteiger partial charge in [0.25, 0.3) is 0 Å². The van der Waals surface area contributed by atoms with Gasteiger partial charge in [0.1, 0.15) is 0 Å². The third kappa shape index (κ3) is 21.5. The normalized spacial score (nSPS) is 24.6. The van der Waals surface area contributed by atoms with Crippen LogP contribution < -0.4 is 0 Å². The second-order valence-electron chi connectivity index (χ2n) is 13.7. The molecule has 2 saturated carbocycles. The van der Waals surface area contributed by atoms with Crippen molar-refractivity contribution in [3.8, 4) is 0 Å². The lowest BCUT2D eigenvalue weighted by Gasteiger charge is -2.21. The van der Waals surface area contributed by atoms with Crippen molar-refractivity contribution in [3.05, 3.63) is 0 Å². The van der Waals surface area contributed by atoms with Gasteiger partial charge in [-0.3, -0.25) is 0 Å². The van der Waals surface area contributed by atoms with Crippen LogP contribution in [0.5, 0.6) is 0 Å². The first-order valence-electron chi connectivity index (χ1n) is 18.4. The Hall–Kier alpha value is 0. The minimum atomic E-state index is 1.05. The number of hydrogen-bond donors (Lipinski definition) is 0. The maximum Gasteiger partial charge on any atom is -0.0414 e. The zero-order valence-electron chi connectivity index (χ0n) is 25.9. The Kier molecular flexibility index (Phi) is 23.5. The van der Waals surface area contributed by atoms with Gasteiger partial charge in [0, 0.05) is 0 Å². The Bertz CT molecular complexity index is 363. The molecule has 0 aromatic carbocycles. The highest BCUT2D eigenvalue weighted by molar-refractivity contribution is 4.66. The average Bonchev–Trinajstić information content (AvgIpc) is 2.91. The van der Waals surface area contributed by atoms with Crippen molar-refractivity contribution in [1.29, 1.82) is 0 Å². The van der Waals surface area contributed by atoms with Crippen molar-refractivity contribution in [2.45, 2.75) is 225 Å².